The minimum Gasteiger partial charge on any atom is -0.263 e. The zero-order valence-corrected chi connectivity index (χ0v) is 15.0. The first kappa shape index (κ1) is 16.8. The Morgan fingerprint density at radius 1 is 1.33 bits per heavy atom. The van der Waals surface area contributed by atoms with Gasteiger partial charge in [-0.15, -0.1) is 0 Å². The van der Waals surface area contributed by atoms with Gasteiger partial charge in [0.15, 0.2) is 0 Å². The molecule has 0 bridgehead atoms. The number of nitrogens with zero attached hydrogens (tertiary/aromatic N) is 3. The molecule has 3 aromatic heterocycles. The largest absolute Gasteiger partial charge is 0.263 e. The molecular formula is C16H18N4O2S2. The number of pyridine rings is 1. The van der Waals surface area contributed by atoms with Crippen molar-refractivity contribution >= 4 is 21.4 Å². The number of aromatic nitrogens is 3. The summed E-state index contributed by atoms with van der Waals surface area (Å²) in [5.74, 6) is 0. The van der Waals surface area contributed by atoms with Crippen molar-refractivity contribution in [1.29, 1.82) is 0 Å². The second-order valence-electron chi connectivity index (χ2n) is 5.48. The first-order valence-electron chi connectivity index (χ1n) is 7.42. The van der Waals surface area contributed by atoms with Crippen LogP contribution in [0.5, 0.6) is 0 Å². The molecule has 0 amide bonds. The van der Waals surface area contributed by atoms with Crippen LogP contribution in [0.1, 0.15) is 23.0 Å². The van der Waals surface area contributed by atoms with Crippen LogP contribution in [0.15, 0.2) is 52.3 Å². The molecule has 0 aliphatic heterocycles. The van der Waals surface area contributed by atoms with Crippen LogP contribution < -0.4 is 4.72 Å². The molecule has 8 heteroatoms. The molecule has 0 saturated carbocycles. The zero-order valence-electron chi connectivity index (χ0n) is 13.4. The van der Waals surface area contributed by atoms with Crippen LogP contribution in [0.25, 0.3) is 0 Å². The lowest BCUT2D eigenvalue weighted by atomic mass is 10.1. The topological polar surface area (TPSA) is 76.9 Å². The molecule has 0 unspecified atom stereocenters. The minimum absolute atomic E-state index is 0.155. The van der Waals surface area contributed by atoms with E-state index in [9.17, 15) is 8.42 Å². The van der Waals surface area contributed by atoms with Gasteiger partial charge in [-0.2, -0.15) is 16.4 Å². The van der Waals surface area contributed by atoms with Gasteiger partial charge in [-0.1, -0.05) is 0 Å². The Labute approximate surface area is 145 Å². The second kappa shape index (κ2) is 6.84. The third kappa shape index (κ3) is 3.55. The summed E-state index contributed by atoms with van der Waals surface area (Å²) in [6.45, 7) is 4.11. The zero-order chi connectivity index (χ0) is 17.2. The van der Waals surface area contributed by atoms with Crippen molar-refractivity contribution in [2.45, 2.75) is 24.8 Å². The lowest BCUT2D eigenvalue weighted by Gasteiger charge is -2.19. The van der Waals surface area contributed by atoms with Crippen molar-refractivity contribution in [3.05, 3.63) is 64.4 Å². The number of rotatable bonds is 6. The molecule has 1 atom stereocenters. The van der Waals surface area contributed by atoms with Crippen LogP contribution >= 0.6 is 11.3 Å². The van der Waals surface area contributed by atoms with Gasteiger partial charge in [0.2, 0.25) is 10.0 Å². The fourth-order valence-corrected chi connectivity index (χ4v) is 4.26. The second-order valence-corrected chi connectivity index (χ2v) is 8.03. The summed E-state index contributed by atoms with van der Waals surface area (Å²) in [6, 6.07) is 6.90. The summed E-state index contributed by atoms with van der Waals surface area (Å²) in [4.78, 5) is 4.02. The number of aryl methyl sites for hydroxylation is 2. The molecule has 1 N–H and O–H groups in total. The number of thiophene rings is 1. The first-order chi connectivity index (χ1) is 11.5. The standard InChI is InChI=1S/C16H18N4O2S2/c1-12-8-13(2)20(19-12)16(14-5-7-23-11-14)10-18-24(21,22)15-4-3-6-17-9-15/h3-9,11,16,18H,10H2,1-2H3/t16-/m0/s1. The van der Waals surface area contributed by atoms with Crippen LogP contribution in [0, 0.1) is 13.8 Å². The summed E-state index contributed by atoms with van der Waals surface area (Å²) in [7, 11) is -3.61. The van der Waals surface area contributed by atoms with E-state index in [1.54, 1.807) is 23.6 Å². The normalized spacial score (nSPS) is 13.1. The highest BCUT2D eigenvalue weighted by Crippen LogP contribution is 2.22. The molecule has 0 fully saturated rings. The summed E-state index contributed by atoms with van der Waals surface area (Å²) >= 11 is 1.58. The maximum Gasteiger partial charge on any atom is 0.242 e. The van der Waals surface area contributed by atoms with Gasteiger partial charge in [-0.25, -0.2) is 13.1 Å². The number of hydrogen-bond acceptors (Lipinski definition) is 5. The molecule has 3 aromatic rings. The predicted molar refractivity (Wildman–Crippen MR) is 93.6 cm³/mol. The third-order valence-electron chi connectivity index (χ3n) is 3.68. The fourth-order valence-electron chi connectivity index (χ4n) is 2.55. The summed E-state index contributed by atoms with van der Waals surface area (Å²) in [6.07, 6.45) is 2.88. The number of hydrogen-bond donors (Lipinski definition) is 1. The molecule has 0 spiro atoms. The van der Waals surface area contributed by atoms with Crippen molar-refractivity contribution in [3.63, 3.8) is 0 Å². The van der Waals surface area contributed by atoms with E-state index < -0.39 is 10.0 Å². The maximum atomic E-state index is 12.4. The van der Waals surface area contributed by atoms with E-state index in [0.29, 0.717) is 0 Å². The molecule has 6 nitrogen and oxygen atoms in total. The number of sulfonamides is 1. The van der Waals surface area contributed by atoms with Crippen molar-refractivity contribution in [2.75, 3.05) is 6.54 Å². The van der Waals surface area contributed by atoms with Gasteiger partial charge in [0.05, 0.1) is 11.7 Å². The quantitative estimate of drug-likeness (QED) is 0.731. The van der Waals surface area contributed by atoms with Gasteiger partial charge in [-0.05, 0) is 54.4 Å². The molecule has 0 radical (unpaired) electrons. The Kier molecular flexibility index (Phi) is 4.79. The van der Waals surface area contributed by atoms with Crippen LogP contribution in [0.4, 0.5) is 0 Å². The van der Waals surface area contributed by atoms with Gasteiger partial charge in [0.25, 0.3) is 0 Å². The smallest absolute Gasteiger partial charge is 0.242 e. The van der Waals surface area contributed by atoms with Crippen LogP contribution in [0.2, 0.25) is 0 Å². The van der Waals surface area contributed by atoms with Gasteiger partial charge in [0, 0.05) is 24.6 Å². The Hall–Kier alpha value is -2.03. The van der Waals surface area contributed by atoms with E-state index in [4.69, 9.17) is 0 Å². The van der Waals surface area contributed by atoms with Crippen molar-refractivity contribution in [2.24, 2.45) is 0 Å². The van der Waals surface area contributed by atoms with Crippen molar-refractivity contribution in [1.82, 2.24) is 19.5 Å². The van der Waals surface area contributed by atoms with Gasteiger partial charge >= 0.3 is 0 Å². The minimum atomic E-state index is -3.61. The van der Waals surface area contributed by atoms with Crippen LogP contribution in [-0.2, 0) is 10.0 Å². The molecule has 3 heterocycles. The molecule has 0 aliphatic rings. The van der Waals surface area contributed by atoms with E-state index in [1.807, 2.05) is 41.4 Å². The molecule has 126 valence electrons. The van der Waals surface area contributed by atoms with Gasteiger partial charge in [-0.3, -0.25) is 9.67 Å². The molecular weight excluding hydrogens is 344 g/mol. The predicted octanol–water partition coefficient (Wildman–Crippen LogP) is 2.52. The highest BCUT2D eigenvalue weighted by atomic mass is 32.2. The van der Waals surface area contributed by atoms with E-state index in [1.165, 1.54) is 12.3 Å². The highest BCUT2D eigenvalue weighted by Gasteiger charge is 2.21. The van der Waals surface area contributed by atoms with Gasteiger partial charge < -0.3 is 0 Å². The Morgan fingerprint density at radius 2 is 2.17 bits per heavy atom. The highest BCUT2D eigenvalue weighted by molar-refractivity contribution is 7.89. The Bertz CT molecular complexity index is 903. The lowest BCUT2D eigenvalue weighted by molar-refractivity contribution is 0.495. The fraction of sp³-hybridized carbons (Fsp3) is 0.250. The van der Waals surface area contributed by atoms with Crippen molar-refractivity contribution in [3.8, 4) is 0 Å². The first-order valence-corrected chi connectivity index (χ1v) is 9.84. The van der Waals surface area contributed by atoms with Gasteiger partial charge in [0.1, 0.15) is 4.90 Å². The summed E-state index contributed by atoms with van der Waals surface area (Å²) < 4.78 is 29.4. The third-order valence-corrected chi connectivity index (χ3v) is 5.79. The average Bonchev–Trinajstić information content (AvgIpc) is 3.19. The molecule has 0 saturated heterocycles. The van der Waals surface area contributed by atoms with E-state index in [-0.39, 0.29) is 17.5 Å². The molecule has 0 aliphatic carbocycles. The summed E-state index contributed by atoms with van der Waals surface area (Å²) in [5, 5.41) is 8.50. The Balaban J connectivity index is 1.87. The average molecular weight is 362 g/mol. The van der Waals surface area contributed by atoms with E-state index >= 15 is 0 Å². The maximum absolute atomic E-state index is 12.4. The van der Waals surface area contributed by atoms with Crippen LogP contribution in [0.3, 0.4) is 0 Å². The van der Waals surface area contributed by atoms with Crippen LogP contribution in [-0.4, -0.2) is 29.7 Å². The monoisotopic (exact) mass is 362 g/mol. The molecule has 24 heavy (non-hydrogen) atoms. The Morgan fingerprint density at radius 3 is 2.75 bits per heavy atom. The van der Waals surface area contributed by atoms with E-state index in [2.05, 4.69) is 14.8 Å². The lowest BCUT2D eigenvalue weighted by Crippen LogP contribution is -2.32. The van der Waals surface area contributed by atoms with E-state index in [0.717, 1.165) is 17.0 Å². The molecule has 0 aromatic carbocycles. The van der Waals surface area contributed by atoms with Crippen molar-refractivity contribution < 1.29 is 8.42 Å². The molecule has 3 rings (SSSR count). The number of nitrogens with one attached hydrogen (secondary N) is 1. The summed E-state index contributed by atoms with van der Waals surface area (Å²) in [5.41, 5.74) is 2.92. The SMILES string of the molecule is Cc1cc(C)n([C@@H](CNS(=O)(=O)c2cccnc2)c2ccsc2)n1.